The highest BCUT2D eigenvalue weighted by atomic mass is 16.6. The standard InChI is InChI=1S/C59H96O6/c1-4-7-10-13-16-19-22-24-25-26-27-28-29-30-31-32-33-35-37-40-43-46-49-52-58(61)64-55-56(54-63-57(60)51-48-45-42-39-36-21-18-15-12-9-6-3)65-59(62)53-50-47-44-41-38-34-23-20-17-14-11-8-5-2/h7,10,15-16,18-20,23-25,27-28,30-31,33,35,40,43,56H,4-6,8-9,11-14,17,21-22,26,29,32,34,36-39,41-42,44-55H2,1-3H3/b10-7-,18-15-,19-16-,23-20-,25-24-,28-27-,31-30-,35-33-,43-40-. The molecule has 0 aromatic carbocycles. The molecule has 0 aromatic rings. The topological polar surface area (TPSA) is 78.9 Å². The fraction of sp³-hybridized carbons (Fsp3) is 0.644. The van der Waals surface area contributed by atoms with E-state index >= 15 is 0 Å². The van der Waals surface area contributed by atoms with Crippen molar-refractivity contribution in [3.8, 4) is 0 Å². The Bertz CT molecular complexity index is 1360. The van der Waals surface area contributed by atoms with Crippen molar-refractivity contribution in [2.45, 2.75) is 232 Å². The molecule has 0 rings (SSSR count). The maximum absolute atomic E-state index is 12.8. The summed E-state index contributed by atoms with van der Waals surface area (Å²) in [4.78, 5) is 37.9. The molecule has 1 atom stereocenters. The van der Waals surface area contributed by atoms with E-state index in [2.05, 4.69) is 130 Å². The number of unbranched alkanes of at least 4 members (excludes halogenated alkanes) is 17. The number of carbonyl (C=O) groups excluding carboxylic acids is 3. The number of hydrogen-bond donors (Lipinski definition) is 0. The van der Waals surface area contributed by atoms with Gasteiger partial charge in [-0.3, -0.25) is 14.4 Å². The van der Waals surface area contributed by atoms with Gasteiger partial charge >= 0.3 is 17.9 Å². The van der Waals surface area contributed by atoms with E-state index in [1.54, 1.807) is 0 Å². The summed E-state index contributed by atoms with van der Waals surface area (Å²) in [5.74, 6) is -0.991. The van der Waals surface area contributed by atoms with Crippen LogP contribution in [0.5, 0.6) is 0 Å². The van der Waals surface area contributed by atoms with Crippen LogP contribution in [-0.4, -0.2) is 37.2 Å². The van der Waals surface area contributed by atoms with E-state index < -0.39 is 6.10 Å². The molecule has 0 N–H and O–H groups in total. The first-order chi connectivity index (χ1) is 32.0. The predicted molar refractivity (Wildman–Crippen MR) is 279 cm³/mol. The summed E-state index contributed by atoms with van der Waals surface area (Å²) in [6.45, 7) is 6.39. The van der Waals surface area contributed by atoms with Crippen LogP contribution in [0.2, 0.25) is 0 Å². The van der Waals surface area contributed by atoms with Gasteiger partial charge in [0.2, 0.25) is 0 Å². The highest BCUT2D eigenvalue weighted by Gasteiger charge is 2.19. The third kappa shape index (κ3) is 50.9. The third-order valence-electron chi connectivity index (χ3n) is 10.7. The Labute approximate surface area is 400 Å². The number of hydrogen-bond acceptors (Lipinski definition) is 6. The molecule has 0 saturated heterocycles. The summed E-state index contributed by atoms with van der Waals surface area (Å²) in [5.41, 5.74) is 0. The van der Waals surface area contributed by atoms with Crippen LogP contribution in [0.1, 0.15) is 226 Å². The van der Waals surface area contributed by atoms with Gasteiger partial charge in [-0.05, 0) is 116 Å². The van der Waals surface area contributed by atoms with E-state index in [0.717, 1.165) is 116 Å². The lowest BCUT2D eigenvalue weighted by Crippen LogP contribution is -2.30. The molecule has 0 spiro atoms. The van der Waals surface area contributed by atoms with Crippen LogP contribution < -0.4 is 0 Å². The molecule has 6 heteroatoms. The summed E-state index contributed by atoms with van der Waals surface area (Å²) in [6.07, 6.45) is 70.8. The van der Waals surface area contributed by atoms with E-state index in [0.29, 0.717) is 19.3 Å². The second-order valence-corrected chi connectivity index (χ2v) is 17.0. The zero-order chi connectivity index (χ0) is 47.2. The van der Waals surface area contributed by atoms with Crippen LogP contribution in [0.4, 0.5) is 0 Å². The van der Waals surface area contributed by atoms with Gasteiger partial charge in [0.25, 0.3) is 0 Å². The summed E-state index contributed by atoms with van der Waals surface area (Å²) >= 11 is 0. The van der Waals surface area contributed by atoms with Gasteiger partial charge < -0.3 is 14.2 Å². The molecule has 0 fully saturated rings. The van der Waals surface area contributed by atoms with Crippen LogP contribution in [0, 0.1) is 0 Å². The second-order valence-electron chi connectivity index (χ2n) is 17.0. The molecule has 1 unspecified atom stereocenters. The fourth-order valence-corrected chi connectivity index (χ4v) is 6.76. The summed E-state index contributed by atoms with van der Waals surface area (Å²) in [7, 11) is 0. The number of rotatable bonds is 46. The molecule has 0 amide bonds. The highest BCUT2D eigenvalue weighted by molar-refractivity contribution is 5.71. The number of esters is 3. The Morgan fingerprint density at radius 2 is 0.631 bits per heavy atom. The molecule has 0 aromatic heterocycles. The third-order valence-corrected chi connectivity index (χ3v) is 10.7. The van der Waals surface area contributed by atoms with Crippen molar-refractivity contribution in [1.29, 1.82) is 0 Å². The zero-order valence-electron chi connectivity index (χ0n) is 42.0. The lowest BCUT2D eigenvalue weighted by Gasteiger charge is -2.18. The molecular weight excluding hydrogens is 805 g/mol. The first-order valence-corrected chi connectivity index (χ1v) is 26.4. The van der Waals surface area contributed by atoms with Crippen molar-refractivity contribution < 1.29 is 28.6 Å². The zero-order valence-corrected chi connectivity index (χ0v) is 42.0. The van der Waals surface area contributed by atoms with Gasteiger partial charge in [-0.15, -0.1) is 0 Å². The average molecular weight is 901 g/mol. The minimum absolute atomic E-state index is 0.105. The Balaban J connectivity index is 4.46. The van der Waals surface area contributed by atoms with Crippen LogP contribution >= 0.6 is 0 Å². The second kappa shape index (κ2) is 52.7. The average Bonchev–Trinajstić information content (AvgIpc) is 3.30. The molecule has 6 nitrogen and oxygen atoms in total. The lowest BCUT2D eigenvalue weighted by atomic mass is 10.1. The van der Waals surface area contributed by atoms with Crippen LogP contribution in [-0.2, 0) is 28.6 Å². The molecule has 0 bridgehead atoms. The quantitative estimate of drug-likeness (QED) is 0.0262. The van der Waals surface area contributed by atoms with E-state index in [-0.39, 0.29) is 37.5 Å². The Kier molecular flexibility index (Phi) is 49.5. The first kappa shape index (κ1) is 61.1. The van der Waals surface area contributed by atoms with Gasteiger partial charge in [0, 0.05) is 19.3 Å². The van der Waals surface area contributed by atoms with Gasteiger partial charge in [-0.25, -0.2) is 0 Å². The number of ether oxygens (including phenoxy) is 3. The van der Waals surface area contributed by atoms with Gasteiger partial charge in [0.05, 0.1) is 0 Å². The van der Waals surface area contributed by atoms with Crippen molar-refractivity contribution >= 4 is 17.9 Å². The lowest BCUT2D eigenvalue weighted by molar-refractivity contribution is -0.167. The molecule has 0 saturated carbocycles. The molecule has 0 heterocycles. The van der Waals surface area contributed by atoms with Gasteiger partial charge in [0.15, 0.2) is 6.10 Å². The number of carbonyl (C=O) groups is 3. The van der Waals surface area contributed by atoms with Crippen molar-refractivity contribution in [3.63, 3.8) is 0 Å². The molecular formula is C59H96O6. The normalized spacial score (nSPS) is 13.0. The maximum atomic E-state index is 12.8. The van der Waals surface area contributed by atoms with Gasteiger partial charge in [-0.2, -0.15) is 0 Å². The summed E-state index contributed by atoms with van der Waals surface area (Å²) < 4.78 is 16.7. The first-order valence-electron chi connectivity index (χ1n) is 26.4. The largest absolute Gasteiger partial charge is 0.462 e. The minimum Gasteiger partial charge on any atom is -0.462 e. The summed E-state index contributed by atoms with van der Waals surface area (Å²) in [5, 5.41) is 0. The van der Waals surface area contributed by atoms with E-state index in [1.807, 2.05) is 0 Å². The van der Waals surface area contributed by atoms with E-state index in [1.165, 1.54) is 64.2 Å². The monoisotopic (exact) mass is 901 g/mol. The van der Waals surface area contributed by atoms with Crippen molar-refractivity contribution in [2.75, 3.05) is 13.2 Å². The van der Waals surface area contributed by atoms with Gasteiger partial charge in [0.1, 0.15) is 13.2 Å². The fourth-order valence-electron chi connectivity index (χ4n) is 6.76. The molecule has 0 aliphatic carbocycles. The molecule has 0 aliphatic heterocycles. The SMILES string of the molecule is CC/C=C\C/C=C\C/C=C\C/C=C\C/C=C\C/C=C\C/C=C\CCCC(=O)OCC(COC(=O)CCCCCCC/C=C\CCCC)OC(=O)CCCCCCC/C=C\CCCCCC. The molecule has 0 aliphatic rings. The van der Waals surface area contributed by atoms with Gasteiger partial charge in [-0.1, -0.05) is 201 Å². The number of allylic oxidation sites excluding steroid dienone is 18. The van der Waals surface area contributed by atoms with Crippen LogP contribution in [0.25, 0.3) is 0 Å². The van der Waals surface area contributed by atoms with E-state index in [9.17, 15) is 14.4 Å². The molecule has 65 heavy (non-hydrogen) atoms. The Morgan fingerprint density at radius 3 is 1.06 bits per heavy atom. The van der Waals surface area contributed by atoms with Crippen molar-refractivity contribution in [2.24, 2.45) is 0 Å². The molecule has 0 radical (unpaired) electrons. The molecule has 368 valence electrons. The Morgan fingerprint density at radius 1 is 0.323 bits per heavy atom. The van der Waals surface area contributed by atoms with Crippen LogP contribution in [0.3, 0.4) is 0 Å². The summed E-state index contributed by atoms with van der Waals surface area (Å²) in [6, 6.07) is 0. The minimum atomic E-state index is -0.809. The van der Waals surface area contributed by atoms with Crippen LogP contribution in [0.15, 0.2) is 109 Å². The maximum Gasteiger partial charge on any atom is 0.306 e. The van der Waals surface area contributed by atoms with Crippen molar-refractivity contribution in [3.05, 3.63) is 109 Å². The Hall–Kier alpha value is -3.93. The van der Waals surface area contributed by atoms with Crippen molar-refractivity contribution in [1.82, 2.24) is 0 Å². The predicted octanol–water partition coefficient (Wildman–Crippen LogP) is 17.5. The van der Waals surface area contributed by atoms with E-state index in [4.69, 9.17) is 14.2 Å². The smallest absolute Gasteiger partial charge is 0.306 e. The highest BCUT2D eigenvalue weighted by Crippen LogP contribution is 2.13.